The standard InChI is InChI=1S/C12H15BrN2O2/c1-3-7-9-5-6-14-11(9)12(15(16)17)8(4-2)10(7)13/h14H,3-6H2,1-2H3. The summed E-state index contributed by atoms with van der Waals surface area (Å²) < 4.78 is 0.927. The molecule has 0 unspecified atom stereocenters. The first kappa shape index (κ1) is 12.4. The number of hydrogen-bond donors (Lipinski definition) is 1. The molecule has 1 aliphatic rings. The molecule has 5 heteroatoms. The SMILES string of the molecule is CCc1c(Br)c(CC)c([N+](=O)[O-])c2c1CCN2. The molecule has 1 aromatic carbocycles. The maximum absolute atomic E-state index is 11.2. The van der Waals surface area contributed by atoms with Crippen molar-refractivity contribution in [3.8, 4) is 0 Å². The summed E-state index contributed by atoms with van der Waals surface area (Å²) in [5, 5.41) is 14.4. The molecule has 0 spiro atoms. The third kappa shape index (κ3) is 1.82. The van der Waals surface area contributed by atoms with Gasteiger partial charge in [-0.2, -0.15) is 0 Å². The van der Waals surface area contributed by atoms with Crippen LogP contribution in [0.2, 0.25) is 0 Å². The third-order valence-corrected chi connectivity index (χ3v) is 4.24. The third-order valence-electron chi connectivity index (χ3n) is 3.29. The molecule has 1 aromatic rings. The van der Waals surface area contributed by atoms with Gasteiger partial charge in [0.2, 0.25) is 0 Å². The minimum Gasteiger partial charge on any atom is -0.379 e. The number of benzene rings is 1. The lowest BCUT2D eigenvalue weighted by Crippen LogP contribution is -2.04. The van der Waals surface area contributed by atoms with Crippen molar-refractivity contribution >= 4 is 27.3 Å². The molecule has 0 amide bonds. The molecule has 0 aromatic heterocycles. The smallest absolute Gasteiger partial charge is 0.296 e. The highest BCUT2D eigenvalue weighted by Crippen LogP contribution is 2.43. The lowest BCUT2D eigenvalue weighted by Gasteiger charge is -2.14. The van der Waals surface area contributed by atoms with Crippen LogP contribution in [0.15, 0.2) is 4.47 Å². The second kappa shape index (κ2) is 4.64. The zero-order valence-electron chi connectivity index (χ0n) is 9.97. The predicted molar refractivity (Wildman–Crippen MR) is 71.7 cm³/mol. The van der Waals surface area contributed by atoms with Crippen LogP contribution < -0.4 is 5.32 Å². The topological polar surface area (TPSA) is 55.2 Å². The largest absolute Gasteiger partial charge is 0.379 e. The van der Waals surface area contributed by atoms with E-state index in [0.717, 1.165) is 40.7 Å². The minimum absolute atomic E-state index is 0.254. The van der Waals surface area contributed by atoms with E-state index in [4.69, 9.17) is 0 Å². The van der Waals surface area contributed by atoms with E-state index in [1.807, 2.05) is 6.92 Å². The molecule has 0 fully saturated rings. The second-order valence-corrected chi connectivity index (χ2v) is 4.91. The van der Waals surface area contributed by atoms with E-state index < -0.39 is 0 Å². The van der Waals surface area contributed by atoms with Crippen LogP contribution in [0.1, 0.15) is 30.5 Å². The second-order valence-electron chi connectivity index (χ2n) is 4.11. The molecule has 0 saturated heterocycles. The van der Waals surface area contributed by atoms with Gasteiger partial charge in [-0.3, -0.25) is 10.1 Å². The number of nitro groups is 1. The van der Waals surface area contributed by atoms with Crippen molar-refractivity contribution in [3.05, 3.63) is 31.3 Å². The van der Waals surface area contributed by atoms with E-state index in [9.17, 15) is 10.1 Å². The maximum Gasteiger partial charge on any atom is 0.296 e. The molecule has 0 bridgehead atoms. The summed E-state index contributed by atoms with van der Waals surface area (Å²) in [4.78, 5) is 11.0. The van der Waals surface area contributed by atoms with E-state index in [2.05, 4.69) is 28.2 Å². The van der Waals surface area contributed by atoms with Crippen molar-refractivity contribution in [3.63, 3.8) is 0 Å². The molecule has 92 valence electrons. The van der Waals surface area contributed by atoms with Gasteiger partial charge in [0.05, 0.1) is 4.92 Å². The van der Waals surface area contributed by atoms with Crippen molar-refractivity contribution in [2.24, 2.45) is 0 Å². The number of nitrogens with one attached hydrogen (secondary N) is 1. The average Bonchev–Trinajstić information content (AvgIpc) is 2.75. The fourth-order valence-electron chi connectivity index (χ4n) is 2.53. The van der Waals surface area contributed by atoms with Gasteiger partial charge < -0.3 is 5.32 Å². The Labute approximate surface area is 109 Å². The van der Waals surface area contributed by atoms with Crippen LogP contribution >= 0.6 is 15.9 Å². The lowest BCUT2D eigenvalue weighted by atomic mass is 9.96. The van der Waals surface area contributed by atoms with Crippen molar-refractivity contribution < 1.29 is 4.92 Å². The summed E-state index contributed by atoms with van der Waals surface area (Å²) in [5.41, 5.74) is 4.13. The zero-order valence-corrected chi connectivity index (χ0v) is 11.6. The monoisotopic (exact) mass is 298 g/mol. The summed E-state index contributed by atoms with van der Waals surface area (Å²) in [6.07, 6.45) is 2.44. The molecule has 0 aliphatic carbocycles. The molecular formula is C12H15BrN2O2. The van der Waals surface area contributed by atoms with Gasteiger partial charge in [-0.05, 0) is 46.3 Å². The van der Waals surface area contributed by atoms with Gasteiger partial charge in [-0.25, -0.2) is 0 Å². The van der Waals surface area contributed by atoms with Gasteiger partial charge >= 0.3 is 0 Å². The first-order valence-corrected chi connectivity index (χ1v) is 6.65. The molecule has 2 rings (SSSR count). The van der Waals surface area contributed by atoms with E-state index in [0.29, 0.717) is 6.42 Å². The van der Waals surface area contributed by atoms with Crippen molar-refractivity contribution in [1.29, 1.82) is 0 Å². The summed E-state index contributed by atoms with van der Waals surface area (Å²) >= 11 is 3.54. The fraction of sp³-hybridized carbons (Fsp3) is 0.500. The number of rotatable bonds is 3. The van der Waals surface area contributed by atoms with Gasteiger partial charge in [-0.15, -0.1) is 0 Å². The Bertz CT molecular complexity index is 482. The average molecular weight is 299 g/mol. The van der Waals surface area contributed by atoms with Crippen LogP contribution in [0.3, 0.4) is 0 Å². The highest BCUT2D eigenvalue weighted by molar-refractivity contribution is 9.10. The first-order valence-electron chi connectivity index (χ1n) is 5.86. The first-order chi connectivity index (χ1) is 8.11. The Morgan fingerprint density at radius 1 is 1.35 bits per heavy atom. The van der Waals surface area contributed by atoms with Crippen LogP contribution in [0.25, 0.3) is 0 Å². The van der Waals surface area contributed by atoms with Crippen molar-refractivity contribution in [2.75, 3.05) is 11.9 Å². The van der Waals surface area contributed by atoms with Gasteiger partial charge in [0, 0.05) is 16.6 Å². The van der Waals surface area contributed by atoms with Crippen LogP contribution in [-0.4, -0.2) is 11.5 Å². The van der Waals surface area contributed by atoms with E-state index in [1.165, 1.54) is 5.56 Å². The summed E-state index contributed by atoms with van der Waals surface area (Å²) in [6.45, 7) is 4.83. The Morgan fingerprint density at radius 3 is 2.53 bits per heavy atom. The van der Waals surface area contributed by atoms with E-state index in [1.54, 1.807) is 0 Å². The van der Waals surface area contributed by atoms with Gasteiger partial charge in [0.25, 0.3) is 5.69 Å². The van der Waals surface area contributed by atoms with Gasteiger partial charge in [-0.1, -0.05) is 13.8 Å². The van der Waals surface area contributed by atoms with Crippen LogP contribution in [-0.2, 0) is 19.3 Å². The molecule has 1 aliphatic heterocycles. The molecule has 1 N–H and O–H groups in total. The normalized spacial score (nSPS) is 13.4. The number of hydrogen-bond acceptors (Lipinski definition) is 3. The molecule has 1 heterocycles. The highest BCUT2D eigenvalue weighted by Gasteiger charge is 2.30. The Hall–Kier alpha value is -1.10. The molecule has 0 saturated carbocycles. The number of halogens is 1. The molecule has 17 heavy (non-hydrogen) atoms. The summed E-state index contributed by atoms with van der Waals surface area (Å²) in [6, 6.07) is 0. The fourth-order valence-corrected chi connectivity index (χ4v) is 3.52. The van der Waals surface area contributed by atoms with Crippen LogP contribution in [0, 0.1) is 10.1 Å². The molecule has 4 nitrogen and oxygen atoms in total. The van der Waals surface area contributed by atoms with E-state index in [-0.39, 0.29) is 10.6 Å². The van der Waals surface area contributed by atoms with Crippen LogP contribution in [0.5, 0.6) is 0 Å². The van der Waals surface area contributed by atoms with Gasteiger partial charge in [0.15, 0.2) is 0 Å². The van der Waals surface area contributed by atoms with Gasteiger partial charge in [0.1, 0.15) is 5.69 Å². The summed E-state index contributed by atoms with van der Waals surface area (Å²) in [5.74, 6) is 0. The van der Waals surface area contributed by atoms with Crippen molar-refractivity contribution in [2.45, 2.75) is 33.1 Å². The molecular weight excluding hydrogens is 284 g/mol. The van der Waals surface area contributed by atoms with E-state index >= 15 is 0 Å². The quantitative estimate of drug-likeness (QED) is 0.687. The summed E-state index contributed by atoms with van der Waals surface area (Å²) in [7, 11) is 0. The Kier molecular flexibility index (Phi) is 3.38. The van der Waals surface area contributed by atoms with Crippen molar-refractivity contribution in [1.82, 2.24) is 0 Å². The molecule has 0 atom stereocenters. The maximum atomic E-state index is 11.2. The highest BCUT2D eigenvalue weighted by atomic mass is 79.9. The molecule has 0 radical (unpaired) electrons. The Balaban J connectivity index is 2.80. The number of anilines is 1. The Morgan fingerprint density at radius 2 is 2.00 bits per heavy atom. The number of fused-ring (bicyclic) bond motifs is 1. The zero-order chi connectivity index (χ0) is 12.6. The van der Waals surface area contributed by atoms with Crippen LogP contribution in [0.4, 0.5) is 11.4 Å². The lowest BCUT2D eigenvalue weighted by molar-refractivity contribution is -0.384. The number of nitrogens with zero attached hydrogens (tertiary/aromatic N) is 1. The minimum atomic E-state index is -0.264. The predicted octanol–water partition coefficient (Wildman–Crippen LogP) is 3.45. The number of nitro benzene ring substituents is 1.